The minimum Gasteiger partial charge on any atom is -0.489 e. The number of hydrogen-bond donors (Lipinski definition) is 1. The molecule has 0 unspecified atom stereocenters. The van der Waals surface area contributed by atoms with Gasteiger partial charge in [-0.1, -0.05) is 11.2 Å². The van der Waals surface area contributed by atoms with E-state index in [0.717, 1.165) is 16.5 Å². The first-order valence-electron chi connectivity index (χ1n) is 9.82. The van der Waals surface area contributed by atoms with Crippen molar-refractivity contribution in [2.45, 2.75) is 32.3 Å². The molecular formula is C23H23FN2O5. The molecule has 2 aromatic carbocycles. The monoisotopic (exact) mass is 426 g/mol. The molecule has 1 saturated heterocycles. The van der Waals surface area contributed by atoms with Gasteiger partial charge in [-0.3, -0.25) is 4.79 Å². The number of aryl methyl sites for hydroxylation is 1. The van der Waals surface area contributed by atoms with E-state index in [2.05, 4.69) is 5.16 Å². The molecule has 1 aromatic heterocycles. The molecule has 2 heterocycles. The first kappa shape index (κ1) is 21.0. The summed E-state index contributed by atoms with van der Waals surface area (Å²) in [6.07, 6.45) is -0.623. The van der Waals surface area contributed by atoms with Crippen LogP contribution in [0, 0.1) is 5.82 Å². The Kier molecular flexibility index (Phi) is 5.51. The van der Waals surface area contributed by atoms with Crippen molar-refractivity contribution in [3.8, 4) is 5.75 Å². The molecule has 4 rings (SSSR count). The van der Waals surface area contributed by atoms with E-state index in [1.165, 1.54) is 18.2 Å². The van der Waals surface area contributed by atoms with Crippen molar-refractivity contribution in [3.63, 3.8) is 0 Å². The summed E-state index contributed by atoms with van der Waals surface area (Å²) in [5.74, 6) is -1.05. The maximum Gasteiger partial charge on any atom is 0.250 e. The van der Waals surface area contributed by atoms with Crippen LogP contribution in [0.25, 0.3) is 10.9 Å². The SMILES string of the molecule is Cn1c(=O)ccc2cc(COc3cc(F)cc(/C(=N\O)[C@H]4COC(C)(C)O4)c3)ccc21. The molecule has 0 radical (unpaired) electrons. The molecule has 0 saturated carbocycles. The second-order valence-corrected chi connectivity index (χ2v) is 7.89. The summed E-state index contributed by atoms with van der Waals surface area (Å²) in [7, 11) is 1.72. The van der Waals surface area contributed by atoms with Crippen LogP contribution in [-0.4, -0.2) is 34.0 Å². The Bertz CT molecular complexity index is 1220. The molecule has 3 aromatic rings. The van der Waals surface area contributed by atoms with Gasteiger partial charge in [0.2, 0.25) is 0 Å². The highest BCUT2D eigenvalue weighted by Gasteiger charge is 2.36. The number of nitrogens with zero attached hydrogens (tertiary/aromatic N) is 2. The number of pyridine rings is 1. The third-order valence-corrected chi connectivity index (χ3v) is 5.18. The predicted molar refractivity (Wildman–Crippen MR) is 113 cm³/mol. The Morgan fingerprint density at radius 2 is 2.06 bits per heavy atom. The summed E-state index contributed by atoms with van der Waals surface area (Å²) in [6, 6.07) is 13.0. The number of rotatable bonds is 5. The molecule has 8 heteroatoms. The summed E-state index contributed by atoms with van der Waals surface area (Å²) in [6.45, 7) is 3.90. The number of ether oxygens (including phenoxy) is 3. The molecule has 31 heavy (non-hydrogen) atoms. The molecule has 0 amide bonds. The first-order chi connectivity index (χ1) is 14.8. The summed E-state index contributed by atoms with van der Waals surface area (Å²) < 4.78 is 32.9. The van der Waals surface area contributed by atoms with E-state index in [0.29, 0.717) is 5.56 Å². The van der Waals surface area contributed by atoms with Crippen molar-refractivity contribution in [2.24, 2.45) is 12.2 Å². The smallest absolute Gasteiger partial charge is 0.250 e. The van der Waals surface area contributed by atoms with Gasteiger partial charge in [0.05, 0.1) is 12.1 Å². The van der Waals surface area contributed by atoms with Gasteiger partial charge in [-0.25, -0.2) is 4.39 Å². The van der Waals surface area contributed by atoms with E-state index in [1.807, 2.05) is 18.2 Å². The molecule has 1 aliphatic heterocycles. The van der Waals surface area contributed by atoms with Crippen LogP contribution in [0.2, 0.25) is 0 Å². The topological polar surface area (TPSA) is 82.3 Å². The lowest BCUT2D eigenvalue weighted by Gasteiger charge is -2.18. The largest absolute Gasteiger partial charge is 0.489 e. The first-order valence-corrected chi connectivity index (χ1v) is 9.82. The van der Waals surface area contributed by atoms with Gasteiger partial charge in [-0.2, -0.15) is 0 Å². The lowest BCUT2D eigenvalue weighted by atomic mass is 10.1. The van der Waals surface area contributed by atoms with Gasteiger partial charge in [-0.15, -0.1) is 0 Å². The Balaban J connectivity index is 1.54. The van der Waals surface area contributed by atoms with E-state index in [1.54, 1.807) is 37.6 Å². The maximum absolute atomic E-state index is 14.3. The van der Waals surface area contributed by atoms with Crippen molar-refractivity contribution in [1.82, 2.24) is 4.57 Å². The van der Waals surface area contributed by atoms with Crippen LogP contribution >= 0.6 is 0 Å². The Morgan fingerprint density at radius 1 is 1.26 bits per heavy atom. The van der Waals surface area contributed by atoms with Crippen LogP contribution in [0.1, 0.15) is 25.0 Å². The molecule has 0 aliphatic carbocycles. The van der Waals surface area contributed by atoms with E-state index >= 15 is 0 Å². The number of fused-ring (bicyclic) bond motifs is 1. The zero-order chi connectivity index (χ0) is 22.2. The number of oxime groups is 1. The Hall–Kier alpha value is -3.23. The van der Waals surface area contributed by atoms with Crippen LogP contribution in [0.3, 0.4) is 0 Å². The van der Waals surface area contributed by atoms with E-state index in [4.69, 9.17) is 14.2 Å². The fourth-order valence-corrected chi connectivity index (χ4v) is 3.61. The Morgan fingerprint density at radius 3 is 2.77 bits per heavy atom. The Labute approximate surface area is 178 Å². The lowest BCUT2D eigenvalue weighted by Crippen LogP contribution is -2.27. The van der Waals surface area contributed by atoms with Gasteiger partial charge in [0, 0.05) is 24.7 Å². The van der Waals surface area contributed by atoms with Crippen molar-refractivity contribution >= 4 is 16.6 Å². The molecule has 1 aliphatic rings. The average molecular weight is 426 g/mol. The summed E-state index contributed by atoms with van der Waals surface area (Å²) >= 11 is 0. The fourth-order valence-electron chi connectivity index (χ4n) is 3.61. The van der Waals surface area contributed by atoms with Gasteiger partial charge in [0.25, 0.3) is 5.56 Å². The van der Waals surface area contributed by atoms with Crippen LogP contribution in [0.15, 0.2) is 58.5 Å². The highest BCUT2D eigenvalue weighted by atomic mass is 19.1. The van der Waals surface area contributed by atoms with Crippen molar-refractivity contribution < 1.29 is 23.8 Å². The standard InChI is InChI=1S/C23H23FN2O5/c1-23(2)30-13-20(31-23)22(25-28)16-9-17(24)11-18(10-16)29-12-14-4-6-19-15(8-14)5-7-21(27)26(19)3/h4-11,20,28H,12-13H2,1-3H3/b25-22+/t20-/m1/s1. The molecule has 162 valence electrons. The van der Waals surface area contributed by atoms with Crippen LogP contribution in [0.4, 0.5) is 4.39 Å². The number of benzene rings is 2. The minimum atomic E-state index is -0.813. The molecule has 1 N–H and O–H groups in total. The maximum atomic E-state index is 14.3. The predicted octanol–water partition coefficient (Wildman–Crippen LogP) is 3.59. The van der Waals surface area contributed by atoms with Crippen LogP contribution in [-0.2, 0) is 23.1 Å². The summed E-state index contributed by atoms with van der Waals surface area (Å²) in [5.41, 5.74) is 2.11. The van der Waals surface area contributed by atoms with Crippen LogP contribution in [0.5, 0.6) is 5.75 Å². The number of aromatic nitrogens is 1. The molecule has 0 spiro atoms. The number of hydrogen-bond acceptors (Lipinski definition) is 6. The third-order valence-electron chi connectivity index (χ3n) is 5.18. The second-order valence-electron chi connectivity index (χ2n) is 7.89. The third kappa shape index (κ3) is 4.45. The molecule has 7 nitrogen and oxygen atoms in total. The van der Waals surface area contributed by atoms with Gasteiger partial charge < -0.3 is 24.0 Å². The second kappa shape index (κ2) is 8.13. The molecule has 1 fully saturated rings. The average Bonchev–Trinajstić information content (AvgIpc) is 3.09. The molecule has 0 bridgehead atoms. The highest BCUT2D eigenvalue weighted by Crippen LogP contribution is 2.27. The van der Waals surface area contributed by atoms with E-state index in [9.17, 15) is 14.4 Å². The lowest BCUT2D eigenvalue weighted by molar-refractivity contribution is -0.131. The zero-order valence-electron chi connectivity index (χ0n) is 17.5. The summed E-state index contributed by atoms with van der Waals surface area (Å²) in [5, 5.41) is 13.7. The van der Waals surface area contributed by atoms with E-state index in [-0.39, 0.29) is 30.2 Å². The number of halogens is 1. The zero-order valence-corrected chi connectivity index (χ0v) is 17.5. The van der Waals surface area contributed by atoms with Gasteiger partial charge in [0.1, 0.15) is 30.0 Å². The highest BCUT2D eigenvalue weighted by molar-refractivity contribution is 6.04. The minimum absolute atomic E-state index is 0.0785. The van der Waals surface area contributed by atoms with Crippen molar-refractivity contribution in [3.05, 3.63) is 75.8 Å². The van der Waals surface area contributed by atoms with Gasteiger partial charge >= 0.3 is 0 Å². The van der Waals surface area contributed by atoms with Gasteiger partial charge in [0.15, 0.2) is 5.79 Å². The van der Waals surface area contributed by atoms with E-state index < -0.39 is 17.7 Å². The quantitative estimate of drug-likeness (QED) is 0.383. The molecular weight excluding hydrogens is 403 g/mol. The van der Waals surface area contributed by atoms with Crippen LogP contribution < -0.4 is 10.3 Å². The normalized spacial score (nSPS) is 18.5. The van der Waals surface area contributed by atoms with Crippen molar-refractivity contribution in [2.75, 3.05) is 6.61 Å². The molecule has 1 atom stereocenters. The summed E-state index contributed by atoms with van der Waals surface area (Å²) in [4.78, 5) is 11.8. The van der Waals surface area contributed by atoms with Gasteiger partial charge in [-0.05, 0) is 55.1 Å². The van der Waals surface area contributed by atoms with Crippen molar-refractivity contribution in [1.29, 1.82) is 0 Å². The fraction of sp³-hybridized carbons (Fsp3) is 0.304.